The Labute approximate surface area is 185 Å². The number of hydrogen-bond acceptors (Lipinski definition) is 4. The van der Waals surface area contributed by atoms with E-state index in [4.69, 9.17) is 9.47 Å². The fraction of sp³-hybridized carbons (Fsp3) is 0.231. The van der Waals surface area contributed by atoms with Crippen LogP contribution < -0.4 is 14.8 Å². The van der Waals surface area contributed by atoms with Gasteiger partial charge in [0.05, 0.1) is 11.0 Å². The lowest BCUT2D eigenvalue weighted by Crippen LogP contribution is -2.35. The maximum Gasteiger partial charge on any atom is 0.335 e. The number of benzene rings is 3. The number of aromatic carboxylic acids is 1. The molecule has 5 rings (SSSR count). The Morgan fingerprint density at radius 3 is 2.72 bits per heavy atom. The zero-order chi connectivity index (χ0) is 22.5. The summed E-state index contributed by atoms with van der Waals surface area (Å²) in [6.07, 6.45) is 1.44. The molecule has 162 valence electrons. The summed E-state index contributed by atoms with van der Waals surface area (Å²) in [4.78, 5) is 24.8. The molecule has 32 heavy (non-hydrogen) atoms. The number of carboxylic acids is 1. The van der Waals surface area contributed by atoms with Crippen LogP contribution in [0.1, 0.15) is 40.4 Å². The van der Waals surface area contributed by atoms with Crippen LogP contribution in [0, 0.1) is 6.92 Å². The average Bonchev–Trinajstić information content (AvgIpc) is 3.40. The molecule has 1 amide bonds. The summed E-state index contributed by atoms with van der Waals surface area (Å²) in [5.74, 6) is 0.446. The van der Waals surface area contributed by atoms with Gasteiger partial charge in [-0.05, 0) is 79.3 Å². The van der Waals surface area contributed by atoms with Crippen LogP contribution in [-0.4, -0.2) is 23.8 Å². The Kier molecular flexibility index (Phi) is 4.66. The van der Waals surface area contributed by atoms with E-state index in [0.717, 1.165) is 45.7 Å². The lowest BCUT2D eigenvalue weighted by molar-refractivity contribution is -0.121. The van der Waals surface area contributed by atoms with Gasteiger partial charge in [-0.2, -0.15) is 0 Å². The Balaban J connectivity index is 1.45. The van der Waals surface area contributed by atoms with Crippen molar-refractivity contribution in [2.24, 2.45) is 0 Å². The first-order valence-corrected chi connectivity index (χ1v) is 10.5. The Bertz CT molecular complexity index is 1270. The third kappa shape index (κ3) is 3.19. The third-order valence-corrected chi connectivity index (χ3v) is 6.53. The van der Waals surface area contributed by atoms with Crippen LogP contribution in [0.3, 0.4) is 0 Å². The molecular formula is C26H23NO5. The number of carbonyl (C=O) groups excluding carboxylic acids is 1. The van der Waals surface area contributed by atoms with E-state index in [1.165, 1.54) is 0 Å². The van der Waals surface area contributed by atoms with E-state index in [-0.39, 0.29) is 18.3 Å². The average molecular weight is 429 g/mol. The molecule has 0 radical (unpaired) electrons. The largest absolute Gasteiger partial charge is 0.478 e. The highest BCUT2D eigenvalue weighted by atomic mass is 16.7. The number of carboxylic acid groups (broad SMARTS) is 1. The van der Waals surface area contributed by atoms with Gasteiger partial charge in [0.15, 0.2) is 11.5 Å². The topological polar surface area (TPSA) is 84.9 Å². The summed E-state index contributed by atoms with van der Waals surface area (Å²) in [6.45, 7) is 4.14. The summed E-state index contributed by atoms with van der Waals surface area (Å²) in [6, 6.07) is 16.3. The van der Waals surface area contributed by atoms with Gasteiger partial charge < -0.3 is 19.9 Å². The molecule has 0 unspecified atom stereocenters. The molecule has 3 aromatic carbocycles. The highest BCUT2D eigenvalue weighted by Crippen LogP contribution is 2.48. The summed E-state index contributed by atoms with van der Waals surface area (Å²) >= 11 is 0. The number of ether oxygens (including phenoxy) is 2. The van der Waals surface area contributed by atoms with Crippen LogP contribution in [0.5, 0.6) is 11.5 Å². The van der Waals surface area contributed by atoms with Gasteiger partial charge in [-0.25, -0.2) is 4.79 Å². The van der Waals surface area contributed by atoms with Gasteiger partial charge in [-0.15, -0.1) is 0 Å². The molecule has 1 heterocycles. The number of hydrogen-bond donors (Lipinski definition) is 2. The van der Waals surface area contributed by atoms with E-state index in [9.17, 15) is 14.7 Å². The van der Waals surface area contributed by atoms with E-state index in [0.29, 0.717) is 12.1 Å². The van der Waals surface area contributed by atoms with Crippen molar-refractivity contribution in [2.75, 3.05) is 12.1 Å². The van der Waals surface area contributed by atoms with Crippen LogP contribution in [0.15, 0.2) is 54.6 Å². The van der Waals surface area contributed by atoms with Crippen molar-refractivity contribution >= 4 is 17.6 Å². The quantitative estimate of drug-likeness (QED) is 0.614. The Morgan fingerprint density at radius 1 is 1.06 bits per heavy atom. The fourth-order valence-electron chi connectivity index (χ4n) is 4.64. The van der Waals surface area contributed by atoms with E-state index < -0.39 is 11.4 Å². The number of carbonyl (C=O) groups is 2. The first kappa shape index (κ1) is 20.1. The van der Waals surface area contributed by atoms with Gasteiger partial charge in [0, 0.05) is 11.3 Å². The van der Waals surface area contributed by atoms with Crippen LogP contribution in [0.4, 0.5) is 5.69 Å². The standard InChI is InChI=1S/C26H23NO5/c1-15-6-7-18(13-20(15)16-4-3-5-17(12-16)24(28)29)27-25(30)26(2)11-10-19-21(26)8-9-22-23(19)32-14-31-22/h3-9,12-13H,10-11,14H2,1-2H3,(H,27,30)(H,28,29)/t26-/m0/s1. The SMILES string of the molecule is Cc1ccc(NC(=O)[C@@]2(C)CCc3c2ccc2c3OCO2)cc1-c1cccc(C(=O)O)c1. The van der Waals surface area contributed by atoms with Crippen LogP contribution in [0.2, 0.25) is 0 Å². The van der Waals surface area contributed by atoms with E-state index in [2.05, 4.69) is 5.32 Å². The first-order chi connectivity index (χ1) is 15.4. The van der Waals surface area contributed by atoms with Crippen LogP contribution >= 0.6 is 0 Å². The van der Waals surface area contributed by atoms with Crippen LogP contribution in [0.25, 0.3) is 11.1 Å². The number of aryl methyl sites for hydroxylation is 1. The molecule has 3 aromatic rings. The first-order valence-electron chi connectivity index (χ1n) is 10.5. The van der Waals surface area contributed by atoms with Crippen LogP contribution in [-0.2, 0) is 16.6 Å². The number of nitrogens with one attached hydrogen (secondary N) is 1. The van der Waals surface area contributed by atoms with Gasteiger partial charge in [0.25, 0.3) is 0 Å². The predicted molar refractivity (Wildman–Crippen MR) is 120 cm³/mol. The smallest absolute Gasteiger partial charge is 0.335 e. The normalized spacial score (nSPS) is 18.3. The van der Waals surface area contributed by atoms with Gasteiger partial charge >= 0.3 is 5.97 Å². The lowest BCUT2D eigenvalue weighted by Gasteiger charge is -2.25. The zero-order valence-electron chi connectivity index (χ0n) is 17.9. The van der Waals surface area contributed by atoms with Gasteiger partial charge in [-0.1, -0.05) is 24.3 Å². The van der Waals surface area contributed by atoms with Gasteiger partial charge in [0.2, 0.25) is 12.7 Å². The molecule has 0 aromatic heterocycles. The van der Waals surface area contributed by atoms with Crippen molar-refractivity contribution in [1.82, 2.24) is 0 Å². The second kappa shape index (κ2) is 7.41. The number of amides is 1. The molecule has 6 nitrogen and oxygen atoms in total. The highest BCUT2D eigenvalue weighted by Gasteiger charge is 2.43. The number of rotatable bonds is 4. The highest BCUT2D eigenvalue weighted by molar-refractivity contribution is 6.00. The molecule has 6 heteroatoms. The predicted octanol–water partition coefficient (Wildman–Crippen LogP) is 4.93. The summed E-state index contributed by atoms with van der Waals surface area (Å²) < 4.78 is 11.1. The van der Waals surface area contributed by atoms with Crippen molar-refractivity contribution in [1.29, 1.82) is 0 Å². The van der Waals surface area contributed by atoms with Gasteiger partial charge in [0.1, 0.15) is 0 Å². The van der Waals surface area contributed by atoms with Crippen molar-refractivity contribution in [3.8, 4) is 22.6 Å². The lowest BCUT2D eigenvalue weighted by atomic mass is 9.83. The molecule has 0 saturated carbocycles. The summed E-state index contributed by atoms with van der Waals surface area (Å²) in [5.41, 5.74) is 4.92. The Hall–Kier alpha value is -3.80. The maximum atomic E-state index is 13.4. The number of anilines is 1. The van der Waals surface area contributed by atoms with Crippen molar-refractivity contribution in [2.45, 2.75) is 32.1 Å². The third-order valence-electron chi connectivity index (χ3n) is 6.53. The zero-order valence-corrected chi connectivity index (χ0v) is 17.9. The van der Waals surface area contributed by atoms with Gasteiger partial charge in [-0.3, -0.25) is 4.79 Å². The summed E-state index contributed by atoms with van der Waals surface area (Å²) in [7, 11) is 0. The monoisotopic (exact) mass is 429 g/mol. The molecule has 1 aliphatic heterocycles. The fourth-order valence-corrected chi connectivity index (χ4v) is 4.64. The molecule has 0 saturated heterocycles. The maximum absolute atomic E-state index is 13.4. The minimum absolute atomic E-state index is 0.0794. The minimum atomic E-state index is -0.970. The second-order valence-corrected chi connectivity index (χ2v) is 8.53. The molecular weight excluding hydrogens is 406 g/mol. The molecule has 1 atom stereocenters. The molecule has 1 aliphatic carbocycles. The molecule has 0 bridgehead atoms. The van der Waals surface area contributed by atoms with Crippen molar-refractivity contribution in [3.63, 3.8) is 0 Å². The summed E-state index contributed by atoms with van der Waals surface area (Å²) in [5, 5.41) is 12.4. The molecule has 0 spiro atoms. The van der Waals surface area contributed by atoms with E-state index in [1.807, 2.05) is 50.2 Å². The second-order valence-electron chi connectivity index (χ2n) is 8.53. The molecule has 2 N–H and O–H groups in total. The minimum Gasteiger partial charge on any atom is -0.478 e. The van der Waals surface area contributed by atoms with Crippen molar-refractivity contribution < 1.29 is 24.2 Å². The molecule has 0 fully saturated rings. The Morgan fingerprint density at radius 2 is 1.91 bits per heavy atom. The van der Waals surface area contributed by atoms with Crippen molar-refractivity contribution in [3.05, 3.63) is 76.9 Å². The van der Waals surface area contributed by atoms with E-state index >= 15 is 0 Å². The number of fused-ring (bicyclic) bond motifs is 3. The van der Waals surface area contributed by atoms with E-state index in [1.54, 1.807) is 18.2 Å². The molecule has 2 aliphatic rings.